The van der Waals surface area contributed by atoms with Gasteiger partial charge in [-0.1, -0.05) is 43.2 Å². The van der Waals surface area contributed by atoms with Gasteiger partial charge in [-0.05, 0) is 19.8 Å². The molecule has 1 aromatic heterocycles. The van der Waals surface area contributed by atoms with Gasteiger partial charge in [0.15, 0.2) is 11.7 Å². The molecular weight excluding hydrogens is 304 g/mol. The number of oxazole rings is 1. The number of aliphatic hydroxyl groups excluding tert-OH is 1. The van der Waals surface area contributed by atoms with Crippen LogP contribution in [-0.2, 0) is 11.2 Å². The van der Waals surface area contributed by atoms with Crippen molar-refractivity contribution in [2.45, 2.75) is 51.0 Å². The summed E-state index contributed by atoms with van der Waals surface area (Å²) in [5, 5.41) is 12.6. The van der Waals surface area contributed by atoms with Crippen LogP contribution in [0.3, 0.4) is 0 Å². The lowest BCUT2D eigenvalue weighted by molar-refractivity contribution is -0.123. The number of amides is 1. The third kappa shape index (κ3) is 3.67. The zero-order valence-corrected chi connectivity index (χ0v) is 14.0. The molecule has 0 saturated heterocycles. The molecule has 0 bridgehead atoms. The molecule has 3 rings (SSSR count). The number of benzene rings is 1. The van der Waals surface area contributed by atoms with Gasteiger partial charge in [-0.25, -0.2) is 4.98 Å². The number of aryl methyl sites for hydroxylation is 2. The first-order chi connectivity index (χ1) is 11.6. The van der Waals surface area contributed by atoms with Gasteiger partial charge in [-0.2, -0.15) is 0 Å². The molecule has 0 unspecified atom stereocenters. The van der Waals surface area contributed by atoms with Crippen LogP contribution in [0.5, 0.6) is 0 Å². The summed E-state index contributed by atoms with van der Waals surface area (Å²) >= 11 is 0. The summed E-state index contributed by atoms with van der Waals surface area (Å²) in [7, 11) is 0. The molecule has 1 saturated carbocycles. The number of nitrogens with one attached hydrogen (secondary N) is 1. The van der Waals surface area contributed by atoms with E-state index in [1.54, 1.807) is 0 Å². The standard InChI is InChI=1S/C19H24N2O3/c1-14-18(15-7-3-2-4-8-15)24-17(20-14)10-9-16(23)21-19(13-22)11-5-6-12-19/h2-4,7-8,22H,5-6,9-13H2,1H3,(H,21,23). The van der Waals surface area contributed by atoms with Crippen LogP contribution in [0.15, 0.2) is 34.7 Å². The van der Waals surface area contributed by atoms with Gasteiger partial charge in [0.2, 0.25) is 5.91 Å². The Morgan fingerprint density at radius 1 is 1.29 bits per heavy atom. The highest BCUT2D eigenvalue weighted by atomic mass is 16.4. The average molecular weight is 328 g/mol. The normalized spacial score (nSPS) is 16.2. The molecule has 1 amide bonds. The number of carbonyl (C=O) groups is 1. The molecule has 5 nitrogen and oxygen atoms in total. The average Bonchev–Trinajstić information content (AvgIpc) is 3.21. The van der Waals surface area contributed by atoms with E-state index in [2.05, 4.69) is 10.3 Å². The first-order valence-electron chi connectivity index (χ1n) is 8.55. The first-order valence-corrected chi connectivity index (χ1v) is 8.55. The zero-order valence-electron chi connectivity index (χ0n) is 14.0. The Balaban J connectivity index is 1.60. The smallest absolute Gasteiger partial charge is 0.221 e. The van der Waals surface area contributed by atoms with E-state index >= 15 is 0 Å². The molecular formula is C19H24N2O3. The first kappa shape index (κ1) is 16.7. The van der Waals surface area contributed by atoms with Gasteiger partial charge >= 0.3 is 0 Å². The maximum absolute atomic E-state index is 12.2. The predicted octanol–water partition coefficient (Wildman–Crippen LogP) is 3.00. The van der Waals surface area contributed by atoms with Crippen LogP contribution in [0.2, 0.25) is 0 Å². The molecule has 24 heavy (non-hydrogen) atoms. The lowest BCUT2D eigenvalue weighted by Gasteiger charge is -2.27. The van der Waals surface area contributed by atoms with Crippen molar-refractivity contribution in [3.05, 3.63) is 41.9 Å². The number of aliphatic hydroxyl groups is 1. The third-order valence-corrected chi connectivity index (χ3v) is 4.71. The van der Waals surface area contributed by atoms with Crippen molar-refractivity contribution in [1.29, 1.82) is 0 Å². The van der Waals surface area contributed by atoms with E-state index in [4.69, 9.17) is 4.42 Å². The summed E-state index contributed by atoms with van der Waals surface area (Å²) in [4.78, 5) is 16.6. The predicted molar refractivity (Wildman–Crippen MR) is 91.4 cm³/mol. The Kier molecular flexibility index (Phi) is 5.00. The number of rotatable bonds is 6. The van der Waals surface area contributed by atoms with Crippen molar-refractivity contribution in [2.75, 3.05) is 6.61 Å². The summed E-state index contributed by atoms with van der Waals surface area (Å²) < 4.78 is 5.83. The second-order valence-electron chi connectivity index (χ2n) is 6.58. The number of carbonyl (C=O) groups excluding carboxylic acids is 1. The minimum Gasteiger partial charge on any atom is -0.440 e. The molecule has 128 valence electrons. The summed E-state index contributed by atoms with van der Waals surface area (Å²) in [6.45, 7) is 1.92. The fourth-order valence-corrected chi connectivity index (χ4v) is 3.37. The van der Waals surface area contributed by atoms with Crippen molar-refractivity contribution in [3.63, 3.8) is 0 Å². The van der Waals surface area contributed by atoms with E-state index < -0.39 is 5.54 Å². The molecule has 0 atom stereocenters. The van der Waals surface area contributed by atoms with Crippen LogP contribution >= 0.6 is 0 Å². The molecule has 0 spiro atoms. The van der Waals surface area contributed by atoms with Crippen LogP contribution in [0, 0.1) is 6.92 Å². The van der Waals surface area contributed by atoms with E-state index in [9.17, 15) is 9.90 Å². The highest BCUT2D eigenvalue weighted by molar-refractivity contribution is 5.77. The Bertz CT molecular complexity index is 688. The monoisotopic (exact) mass is 328 g/mol. The maximum atomic E-state index is 12.2. The lowest BCUT2D eigenvalue weighted by atomic mass is 9.98. The van der Waals surface area contributed by atoms with E-state index in [0.29, 0.717) is 18.7 Å². The Labute approximate surface area is 142 Å². The molecule has 0 aliphatic heterocycles. The third-order valence-electron chi connectivity index (χ3n) is 4.71. The van der Waals surface area contributed by atoms with Gasteiger partial charge < -0.3 is 14.8 Å². The molecule has 1 aromatic carbocycles. The van der Waals surface area contributed by atoms with Gasteiger partial charge in [0, 0.05) is 18.4 Å². The van der Waals surface area contributed by atoms with Crippen LogP contribution < -0.4 is 5.32 Å². The largest absolute Gasteiger partial charge is 0.440 e. The SMILES string of the molecule is Cc1nc(CCC(=O)NC2(CO)CCCC2)oc1-c1ccccc1. The van der Waals surface area contributed by atoms with Gasteiger partial charge in [0.05, 0.1) is 17.8 Å². The van der Waals surface area contributed by atoms with Crippen molar-refractivity contribution < 1.29 is 14.3 Å². The van der Waals surface area contributed by atoms with Crippen molar-refractivity contribution in [1.82, 2.24) is 10.3 Å². The molecule has 2 N–H and O–H groups in total. The minimum absolute atomic E-state index is 0.00893. The van der Waals surface area contributed by atoms with E-state index in [-0.39, 0.29) is 12.5 Å². The van der Waals surface area contributed by atoms with Crippen LogP contribution in [0.25, 0.3) is 11.3 Å². The molecule has 1 aliphatic carbocycles. The van der Waals surface area contributed by atoms with E-state index in [1.807, 2.05) is 37.3 Å². The lowest BCUT2D eigenvalue weighted by Crippen LogP contribution is -2.49. The maximum Gasteiger partial charge on any atom is 0.221 e. The molecule has 1 aliphatic rings. The highest BCUT2D eigenvalue weighted by Crippen LogP contribution is 2.29. The summed E-state index contributed by atoms with van der Waals surface area (Å²) in [5.41, 5.74) is 1.40. The fraction of sp³-hybridized carbons (Fsp3) is 0.474. The second kappa shape index (κ2) is 7.18. The topological polar surface area (TPSA) is 75.4 Å². The van der Waals surface area contributed by atoms with Gasteiger partial charge in [0.1, 0.15) is 0 Å². The molecule has 1 heterocycles. The Morgan fingerprint density at radius 2 is 2.00 bits per heavy atom. The summed E-state index contributed by atoms with van der Waals surface area (Å²) in [6, 6.07) is 9.84. The van der Waals surface area contributed by atoms with Gasteiger partial charge in [0.25, 0.3) is 0 Å². The van der Waals surface area contributed by atoms with Gasteiger partial charge in [-0.3, -0.25) is 4.79 Å². The number of nitrogens with zero attached hydrogens (tertiary/aromatic N) is 1. The number of hydrogen-bond donors (Lipinski definition) is 2. The summed E-state index contributed by atoms with van der Waals surface area (Å²) in [5.74, 6) is 1.28. The van der Waals surface area contributed by atoms with Crippen molar-refractivity contribution in [3.8, 4) is 11.3 Å². The Morgan fingerprint density at radius 3 is 2.67 bits per heavy atom. The number of hydrogen-bond acceptors (Lipinski definition) is 4. The second-order valence-corrected chi connectivity index (χ2v) is 6.58. The van der Waals surface area contributed by atoms with Crippen molar-refractivity contribution >= 4 is 5.91 Å². The van der Waals surface area contributed by atoms with Crippen molar-refractivity contribution in [2.24, 2.45) is 0 Å². The van der Waals surface area contributed by atoms with Crippen LogP contribution in [0.4, 0.5) is 0 Å². The van der Waals surface area contributed by atoms with E-state index in [1.165, 1.54) is 0 Å². The molecule has 0 radical (unpaired) electrons. The highest BCUT2D eigenvalue weighted by Gasteiger charge is 2.34. The van der Waals surface area contributed by atoms with Crippen LogP contribution in [-0.4, -0.2) is 28.1 Å². The zero-order chi connectivity index (χ0) is 17.0. The van der Waals surface area contributed by atoms with E-state index in [0.717, 1.165) is 42.7 Å². The van der Waals surface area contributed by atoms with Gasteiger partial charge in [-0.15, -0.1) is 0 Å². The number of aromatic nitrogens is 1. The quantitative estimate of drug-likeness (QED) is 0.855. The van der Waals surface area contributed by atoms with Crippen LogP contribution in [0.1, 0.15) is 43.7 Å². The molecule has 2 aromatic rings. The minimum atomic E-state index is -0.418. The Hall–Kier alpha value is -2.14. The molecule has 1 fully saturated rings. The molecule has 5 heteroatoms. The summed E-state index contributed by atoms with van der Waals surface area (Å²) in [6.07, 6.45) is 4.59. The fourth-order valence-electron chi connectivity index (χ4n) is 3.37.